The fourth-order valence-electron chi connectivity index (χ4n) is 0.945. The molecular formula is C10H10ClNO4. The van der Waals surface area contributed by atoms with E-state index in [0.717, 1.165) is 0 Å². The maximum absolute atomic E-state index is 11.1. The van der Waals surface area contributed by atoms with Gasteiger partial charge in [0.05, 0.1) is 6.42 Å². The van der Waals surface area contributed by atoms with Crippen LogP contribution in [0.15, 0.2) is 24.3 Å². The van der Waals surface area contributed by atoms with Gasteiger partial charge in [0.1, 0.15) is 5.75 Å². The lowest BCUT2D eigenvalue weighted by molar-refractivity contribution is -0.136. The van der Waals surface area contributed by atoms with E-state index >= 15 is 0 Å². The number of nitrogens with one attached hydrogen (secondary N) is 1. The van der Waals surface area contributed by atoms with Crippen LogP contribution in [0, 0.1) is 0 Å². The summed E-state index contributed by atoms with van der Waals surface area (Å²) >= 11 is 5.68. The van der Waals surface area contributed by atoms with Crippen molar-refractivity contribution < 1.29 is 19.4 Å². The number of carbonyl (C=O) groups is 2. The lowest BCUT2D eigenvalue weighted by Gasteiger charge is -2.05. The highest BCUT2D eigenvalue weighted by atomic mass is 35.5. The Morgan fingerprint density at radius 3 is 2.81 bits per heavy atom. The number of carbonyl (C=O) groups excluding carboxylic acids is 1. The van der Waals surface area contributed by atoms with E-state index in [1.165, 1.54) is 6.07 Å². The third-order valence-corrected chi connectivity index (χ3v) is 1.85. The molecule has 0 fully saturated rings. The molecule has 0 saturated heterocycles. The summed E-state index contributed by atoms with van der Waals surface area (Å²) in [5, 5.41) is 11.1. The highest BCUT2D eigenvalue weighted by molar-refractivity contribution is 6.30. The average Bonchev–Trinajstić information content (AvgIpc) is 2.16. The van der Waals surface area contributed by atoms with Gasteiger partial charge in [0.25, 0.3) is 0 Å². The first-order chi connectivity index (χ1) is 7.58. The van der Waals surface area contributed by atoms with Crippen molar-refractivity contribution >= 4 is 23.7 Å². The third-order valence-electron chi connectivity index (χ3n) is 1.61. The number of rotatable bonds is 4. The topological polar surface area (TPSA) is 75.6 Å². The molecule has 0 aliphatic rings. The molecule has 0 heterocycles. The molecule has 1 amide bonds. The molecule has 0 aliphatic carbocycles. The molecule has 0 radical (unpaired) electrons. The van der Waals surface area contributed by atoms with Crippen molar-refractivity contribution in [3.8, 4) is 5.75 Å². The number of carboxylic acids is 1. The van der Waals surface area contributed by atoms with Crippen molar-refractivity contribution in [1.29, 1.82) is 0 Å². The van der Waals surface area contributed by atoms with Gasteiger partial charge in [-0.25, -0.2) is 4.79 Å². The Morgan fingerprint density at radius 2 is 2.19 bits per heavy atom. The number of amides is 1. The van der Waals surface area contributed by atoms with E-state index in [1.807, 2.05) is 0 Å². The molecule has 0 spiro atoms. The van der Waals surface area contributed by atoms with Crippen LogP contribution >= 0.6 is 11.6 Å². The van der Waals surface area contributed by atoms with Crippen LogP contribution in [-0.4, -0.2) is 23.7 Å². The van der Waals surface area contributed by atoms with Gasteiger partial charge >= 0.3 is 12.1 Å². The Labute approximate surface area is 97.0 Å². The molecule has 0 bridgehead atoms. The van der Waals surface area contributed by atoms with Crippen LogP contribution in [-0.2, 0) is 4.79 Å². The molecule has 1 rings (SSSR count). The van der Waals surface area contributed by atoms with Gasteiger partial charge in [-0.2, -0.15) is 0 Å². The van der Waals surface area contributed by atoms with Crippen molar-refractivity contribution in [3.63, 3.8) is 0 Å². The predicted molar refractivity (Wildman–Crippen MR) is 57.7 cm³/mol. The standard InChI is InChI=1S/C10H10ClNO4/c11-7-2-1-3-8(6-7)16-10(15)12-5-4-9(13)14/h1-3,6H,4-5H2,(H,12,15)(H,13,14). The Balaban J connectivity index is 2.37. The fraction of sp³-hybridized carbons (Fsp3) is 0.200. The third kappa shape index (κ3) is 4.65. The van der Waals surface area contributed by atoms with Crippen LogP contribution < -0.4 is 10.1 Å². The molecule has 6 heteroatoms. The molecule has 0 aromatic heterocycles. The van der Waals surface area contributed by atoms with Crippen LogP contribution in [0.5, 0.6) is 5.75 Å². The Hall–Kier alpha value is -1.75. The smallest absolute Gasteiger partial charge is 0.412 e. The van der Waals surface area contributed by atoms with Gasteiger partial charge in [-0.3, -0.25) is 4.79 Å². The van der Waals surface area contributed by atoms with Crippen LogP contribution in [0.1, 0.15) is 6.42 Å². The minimum absolute atomic E-state index is 0.0226. The Bertz CT molecular complexity index is 394. The lowest BCUT2D eigenvalue weighted by atomic mass is 10.3. The molecule has 0 unspecified atom stereocenters. The van der Waals surface area contributed by atoms with Gasteiger partial charge in [0, 0.05) is 11.6 Å². The van der Waals surface area contributed by atoms with Gasteiger partial charge in [-0.1, -0.05) is 17.7 Å². The number of hydrogen-bond donors (Lipinski definition) is 2. The molecule has 1 aromatic rings. The zero-order valence-corrected chi connectivity index (χ0v) is 9.03. The minimum Gasteiger partial charge on any atom is -0.481 e. The first-order valence-corrected chi connectivity index (χ1v) is 4.89. The second kappa shape index (κ2) is 5.97. The molecular weight excluding hydrogens is 234 g/mol. The van der Waals surface area contributed by atoms with Crippen molar-refractivity contribution in [3.05, 3.63) is 29.3 Å². The summed E-state index contributed by atoms with van der Waals surface area (Å²) < 4.78 is 4.85. The number of hydrogen-bond acceptors (Lipinski definition) is 3. The largest absolute Gasteiger partial charge is 0.481 e. The zero-order chi connectivity index (χ0) is 12.0. The van der Waals surface area contributed by atoms with E-state index in [0.29, 0.717) is 10.8 Å². The lowest BCUT2D eigenvalue weighted by Crippen LogP contribution is -2.28. The van der Waals surface area contributed by atoms with Gasteiger partial charge in [0.2, 0.25) is 0 Å². The monoisotopic (exact) mass is 243 g/mol. The number of carboxylic acid groups (broad SMARTS) is 1. The summed E-state index contributed by atoms with van der Waals surface area (Å²) in [6.45, 7) is 0.0226. The molecule has 0 atom stereocenters. The normalized spacial score (nSPS) is 9.56. The van der Waals surface area contributed by atoms with E-state index in [9.17, 15) is 9.59 Å². The van der Waals surface area contributed by atoms with Gasteiger partial charge in [-0.05, 0) is 18.2 Å². The number of ether oxygens (including phenoxy) is 1. The number of aliphatic carboxylic acids is 1. The summed E-state index contributed by atoms with van der Waals surface area (Å²) in [6.07, 6.45) is -0.853. The second-order valence-electron chi connectivity index (χ2n) is 2.92. The number of halogens is 1. The molecule has 2 N–H and O–H groups in total. The molecule has 0 saturated carbocycles. The highest BCUT2D eigenvalue weighted by Gasteiger charge is 2.05. The SMILES string of the molecule is O=C(O)CCNC(=O)Oc1cccc(Cl)c1. The molecule has 5 nitrogen and oxygen atoms in total. The number of benzene rings is 1. The van der Waals surface area contributed by atoms with E-state index in [1.54, 1.807) is 18.2 Å². The zero-order valence-electron chi connectivity index (χ0n) is 8.27. The van der Waals surface area contributed by atoms with Crippen LogP contribution in [0.3, 0.4) is 0 Å². The molecule has 86 valence electrons. The Morgan fingerprint density at radius 1 is 1.44 bits per heavy atom. The van der Waals surface area contributed by atoms with Crippen molar-refractivity contribution in [2.45, 2.75) is 6.42 Å². The second-order valence-corrected chi connectivity index (χ2v) is 3.35. The maximum Gasteiger partial charge on any atom is 0.412 e. The van der Waals surface area contributed by atoms with E-state index in [-0.39, 0.29) is 13.0 Å². The van der Waals surface area contributed by atoms with Crippen LogP contribution in [0.4, 0.5) is 4.79 Å². The summed E-state index contributed by atoms with van der Waals surface area (Å²) in [4.78, 5) is 21.3. The van der Waals surface area contributed by atoms with Crippen LogP contribution in [0.2, 0.25) is 5.02 Å². The van der Waals surface area contributed by atoms with Crippen LogP contribution in [0.25, 0.3) is 0 Å². The summed E-state index contributed by atoms with van der Waals surface area (Å²) in [6, 6.07) is 6.35. The van der Waals surface area contributed by atoms with Crippen molar-refractivity contribution in [1.82, 2.24) is 5.32 Å². The first kappa shape index (κ1) is 12.3. The van der Waals surface area contributed by atoms with Gasteiger partial charge in [0.15, 0.2) is 0 Å². The van der Waals surface area contributed by atoms with E-state index in [2.05, 4.69) is 5.32 Å². The van der Waals surface area contributed by atoms with Crippen molar-refractivity contribution in [2.24, 2.45) is 0 Å². The maximum atomic E-state index is 11.1. The van der Waals surface area contributed by atoms with E-state index in [4.69, 9.17) is 21.4 Å². The highest BCUT2D eigenvalue weighted by Crippen LogP contribution is 2.16. The Kier molecular flexibility index (Phi) is 4.60. The summed E-state index contributed by atoms with van der Waals surface area (Å²) in [5.74, 6) is -0.677. The molecule has 1 aromatic carbocycles. The fourth-order valence-corrected chi connectivity index (χ4v) is 1.13. The molecule has 16 heavy (non-hydrogen) atoms. The summed E-state index contributed by atoms with van der Waals surface area (Å²) in [5.41, 5.74) is 0. The van der Waals surface area contributed by atoms with Gasteiger partial charge in [-0.15, -0.1) is 0 Å². The molecule has 0 aliphatic heterocycles. The van der Waals surface area contributed by atoms with E-state index < -0.39 is 12.1 Å². The first-order valence-electron chi connectivity index (χ1n) is 4.51. The van der Waals surface area contributed by atoms with Gasteiger partial charge < -0.3 is 15.2 Å². The van der Waals surface area contributed by atoms with Crippen molar-refractivity contribution in [2.75, 3.05) is 6.54 Å². The quantitative estimate of drug-likeness (QED) is 0.847. The summed E-state index contributed by atoms with van der Waals surface area (Å²) in [7, 11) is 0. The average molecular weight is 244 g/mol. The minimum atomic E-state index is -0.983. The predicted octanol–water partition coefficient (Wildman–Crippen LogP) is 1.90.